The van der Waals surface area contributed by atoms with Gasteiger partial charge in [-0.1, -0.05) is 0 Å². The molecule has 0 aromatic carbocycles. The highest BCUT2D eigenvalue weighted by Gasteiger charge is 2.11. The molecule has 0 aliphatic heterocycles. The zero-order valence-corrected chi connectivity index (χ0v) is 4.25. The van der Waals surface area contributed by atoms with Gasteiger partial charge in [0.1, 0.15) is 0 Å². The van der Waals surface area contributed by atoms with Crippen LogP contribution in [0.15, 0.2) is 0 Å². The molecule has 0 aromatic heterocycles. The Morgan fingerprint density at radius 1 is 1.43 bits per heavy atom. The summed E-state index contributed by atoms with van der Waals surface area (Å²) in [7, 11) is 1.30. The molecule has 0 heterocycles. The van der Waals surface area contributed by atoms with E-state index in [1.54, 1.807) is 0 Å². The molecular formula is C2H7BO4. The topological polar surface area (TPSA) is 47.9 Å². The molecule has 5 heteroatoms. The van der Waals surface area contributed by atoms with Crippen molar-refractivity contribution in [2.75, 3.05) is 14.2 Å². The van der Waals surface area contributed by atoms with Crippen LogP contribution in [0.2, 0.25) is 0 Å². The van der Waals surface area contributed by atoms with Gasteiger partial charge < -0.3 is 9.68 Å². The van der Waals surface area contributed by atoms with Crippen LogP contribution in [0.25, 0.3) is 0 Å². The summed E-state index contributed by atoms with van der Waals surface area (Å²) in [5.74, 6) is 0. The van der Waals surface area contributed by atoms with Crippen molar-refractivity contribution in [2.24, 2.45) is 0 Å². The molecule has 0 rings (SSSR count). The van der Waals surface area contributed by atoms with E-state index in [4.69, 9.17) is 5.02 Å². The summed E-state index contributed by atoms with van der Waals surface area (Å²) in [4.78, 5) is 8.04. The minimum atomic E-state index is -1.27. The van der Waals surface area contributed by atoms with Gasteiger partial charge in [-0.2, -0.15) is 0 Å². The lowest BCUT2D eigenvalue weighted by Gasteiger charge is -1.97. The second kappa shape index (κ2) is 4.07. The van der Waals surface area contributed by atoms with Gasteiger partial charge in [0.15, 0.2) is 0 Å². The average Bonchev–Trinajstić information content (AvgIpc) is 1.68. The first kappa shape index (κ1) is 6.90. The molecule has 0 spiro atoms. The fraction of sp³-hybridized carbons (Fsp3) is 1.00. The summed E-state index contributed by atoms with van der Waals surface area (Å²) in [6.07, 6.45) is 0. The van der Waals surface area contributed by atoms with Crippen molar-refractivity contribution >= 4 is 7.32 Å². The third-order valence-corrected chi connectivity index (χ3v) is 0.380. The Balaban J connectivity index is 2.83. The zero-order valence-electron chi connectivity index (χ0n) is 4.25. The van der Waals surface area contributed by atoms with Gasteiger partial charge in [-0.15, -0.1) is 0 Å². The SMILES string of the molecule is COOB(O)OC. The summed E-state index contributed by atoms with van der Waals surface area (Å²) < 4.78 is 4.20. The predicted molar refractivity (Wildman–Crippen MR) is 23.1 cm³/mol. The van der Waals surface area contributed by atoms with Crippen LogP contribution in [0.1, 0.15) is 0 Å². The van der Waals surface area contributed by atoms with Crippen LogP contribution in [0.3, 0.4) is 0 Å². The summed E-state index contributed by atoms with van der Waals surface area (Å²) in [6.45, 7) is 0. The fourth-order valence-corrected chi connectivity index (χ4v) is 0.122. The van der Waals surface area contributed by atoms with Crippen LogP contribution in [-0.2, 0) is 14.3 Å². The summed E-state index contributed by atoms with van der Waals surface area (Å²) >= 11 is 0. The van der Waals surface area contributed by atoms with Gasteiger partial charge in [-0.3, -0.25) is 4.89 Å². The van der Waals surface area contributed by atoms with Gasteiger partial charge >= 0.3 is 7.32 Å². The Kier molecular flexibility index (Phi) is 4.02. The van der Waals surface area contributed by atoms with Crippen LogP contribution < -0.4 is 0 Å². The third kappa shape index (κ3) is 3.74. The van der Waals surface area contributed by atoms with E-state index in [-0.39, 0.29) is 0 Å². The van der Waals surface area contributed by atoms with E-state index in [9.17, 15) is 0 Å². The van der Waals surface area contributed by atoms with Crippen molar-refractivity contribution in [1.82, 2.24) is 0 Å². The molecule has 7 heavy (non-hydrogen) atoms. The van der Waals surface area contributed by atoms with Crippen molar-refractivity contribution in [3.8, 4) is 0 Å². The average molecular weight is 106 g/mol. The highest BCUT2D eigenvalue weighted by molar-refractivity contribution is 6.34. The Labute approximate surface area is 42.1 Å². The Bertz CT molecular complexity index is 40.7. The maximum absolute atomic E-state index is 8.29. The number of rotatable bonds is 3. The molecule has 0 aliphatic carbocycles. The van der Waals surface area contributed by atoms with Crippen molar-refractivity contribution in [2.45, 2.75) is 0 Å². The quantitative estimate of drug-likeness (QED) is 0.290. The Morgan fingerprint density at radius 3 is 2.14 bits per heavy atom. The Hall–Kier alpha value is -0.0951. The number of hydrogen-bond donors (Lipinski definition) is 1. The fourth-order valence-electron chi connectivity index (χ4n) is 0.122. The summed E-state index contributed by atoms with van der Waals surface area (Å²) in [6, 6.07) is 0. The molecule has 4 nitrogen and oxygen atoms in total. The van der Waals surface area contributed by atoms with E-state index >= 15 is 0 Å². The minimum absolute atomic E-state index is 1.27. The van der Waals surface area contributed by atoms with Crippen LogP contribution in [0.5, 0.6) is 0 Å². The smallest absolute Gasteiger partial charge is 0.400 e. The highest BCUT2D eigenvalue weighted by Crippen LogP contribution is 1.77. The zero-order chi connectivity index (χ0) is 5.70. The van der Waals surface area contributed by atoms with Gasteiger partial charge in [-0.25, -0.2) is 4.81 Å². The monoisotopic (exact) mass is 106 g/mol. The van der Waals surface area contributed by atoms with E-state index < -0.39 is 7.32 Å². The van der Waals surface area contributed by atoms with Crippen LogP contribution in [0.4, 0.5) is 0 Å². The summed E-state index contributed by atoms with van der Waals surface area (Å²) in [5.41, 5.74) is 0. The molecule has 42 valence electrons. The van der Waals surface area contributed by atoms with Crippen LogP contribution in [0, 0.1) is 0 Å². The van der Waals surface area contributed by atoms with Gasteiger partial charge in [-0.05, 0) is 0 Å². The van der Waals surface area contributed by atoms with Crippen LogP contribution in [-0.4, -0.2) is 26.6 Å². The molecule has 0 saturated heterocycles. The first-order valence-corrected chi connectivity index (χ1v) is 1.71. The third-order valence-electron chi connectivity index (χ3n) is 0.380. The Morgan fingerprint density at radius 2 is 2.00 bits per heavy atom. The van der Waals surface area contributed by atoms with Crippen LogP contribution >= 0.6 is 0 Å². The molecule has 0 atom stereocenters. The molecule has 0 aromatic rings. The van der Waals surface area contributed by atoms with Crippen molar-refractivity contribution < 1.29 is 19.4 Å². The lowest BCUT2D eigenvalue weighted by atomic mass is 10.3. The summed E-state index contributed by atoms with van der Waals surface area (Å²) in [5, 5.41) is 8.29. The standard InChI is InChI=1S/C2H7BO4/c1-5-3(4)7-6-2/h4H,1-2H3. The first-order chi connectivity index (χ1) is 3.31. The number of hydrogen-bond acceptors (Lipinski definition) is 4. The molecule has 0 fully saturated rings. The van der Waals surface area contributed by atoms with Gasteiger partial charge in [0.05, 0.1) is 7.11 Å². The van der Waals surface area contributed by atoms with E-state index in [0.717, 1.165) is 0 Å². The second-order valence-electron chi connectivity index (χ2n) is 0.806. The normalized spacial score (nSPS) is 9.00. The van der Waals surface area contributed by atoms with Crippen molar-refractivity contribution in [3.63, 3.8) is 0 Å². The molecule has 0 unspecified atom stereocenters. The molecule has 0 aliphatic rings. The lowest BCUT2D eigenvalue weighted by Crippen LogP contribution is -2.19. The molecule has 1 N–H and O–H groups in total. The highest BCUT2D eigenvalue weighted by atomic mass is 17.2. The van der Waals surface area contributed by atoms with Crippen molar-refractivity contribution in [3.05, 3.63) is 0 Å². The minimum Gasteiger partial charge on any atom is -0.400 e. The second-order valence-corrected chi connectivity index (χ2v) is 0.806. The van der Waals surface area contributed by atoms with E-state index in [0.29, 0.717) is 0 Å². The maximum atomic E-state index is 8.29. The molecular weight excluding hydrogens is 98.8 g/mol. The van der Waals surface area contributed by atoms with Crippen molar-refractivity contribution in [1.29, 1.82) is 0 Å². The molecule has 0 bridgehead atoms. The van der Waals surface area contributed by atoms with Gasteiger partial charge in [0, 0.05) is 7.11 Å². The molecule has 0 radical (unpaired) electrons. The van der Waals surface area contributed by atoms with E-state index in [1.165, 1.54) is 14.2 Å². The molecule has 0 saturated carbocycles. The van der Waals surface area contributed by atoms with E-state index in [1.807, 2.05) is 0 Å². The molecule has 0 amide bonds. The van der Waals surface area contributed by atoms with Gasteiger partial charge in [0.2, 0.25) is 0 Å². The largest absolute Gasteiger partial charge is 0.665 e. The van der Waals surface area contributed by atoms with E-state index in [2.05, 4.69) is 14.3 Å². The van der Waals surface area contributed by atoms with Gasteiger partial charge in [0.25, 0.3) is 0 Å². The maximum Gasteiger partial charge on any atom is 0.665 e. The first-order valence-electron chi connectivity index (χ1n) is 1.71. The lowest BCUT2D eigenvalue weighted by molar-refractivity contribution is -0.210. The predicted octanol–water partition coefficient (Wildman–Crippen LogP) is -0.812.